The van der Waals surface area contributed by atoms with Crippen molar-refractivity contribution in [3.8, 4) is 0 Å². The van der Waals surface area contributed by atoms with E-state index in [-0.39, 0.29) is 5.75 Å². The third kappa shape index (κ3) is 11.8. The number of hydrogen-bond donors (Lipinski definition) is 1. The first kappa shape index (κ1) is 14.9. The van der Waals surface area contributed by atoms with Crippen LogP contribution in [0.15, 0.2) is 0 Å². The largest absolute Gasteiger partial charge is 0.313 e. The highest BCUT2D eigenvalue weighted by Gasteiger charge is 2.05. The molecule has 0 bridgehead atoms. The molecular weight excluding hydrogens is 210 g/mol. The van der Waals surface area contributed by atoms with Gasteiger partial charge in [0, 0.05) is 18.8 Å². The van der Waals surface area contributed by atoms with Gasteiger partial charge in [-0.15, -0.1) is 0 Å². The molecule has 0 saturated carbocycles. The van der Waals surface area contributed by atoms with Gasteiger partial charge in [0.05, 0.1) is 5.75 Å². The molecule has 0 rings (SSSR count). The van der Waals surface area contributed by atoms with Crippen LogP contribution in [0.1, 0.15) is 40.0 Å². The van der Waals surface area contributed by atoms with Crippen LogP contribution in [0.25, 0.3) is 0 Å². The zero-order valence-electron chi connectivity index (χ0n) is 10.4. The Kier molecular flexibility index (Phi) is 7.18. The van der Waals surface area contributed by atoms with Gasteiger partial charge in [-0.25, -0.2) is 8.42 Å². The molecule has 0 aliphatic rings. The normalized spacial score (nSPS) is 14.5. The van der Waals surface area contributed by atoms with Crippen LogP contribution in [0.4, 0.5) is 0 Å². The second kappa shape index (κ2) is 7.23. The fourth-order valence-corrected chi connectivity index (χ4v) is 1.91. The van der Waals surface area contributed by atoms with E-state index in [0.717, 1.165) is 12.3 Å². The van der Waals surface area contributed by atoms with E-state index in [1.807, 2.05) is 0 Å². The Morgan fingerprint density at radius 1 is 1.13 bits per heavy atom. The second-order valence-electron chi connectivity index (χ2n) is 4.81. The molecule has 0 aromatic heterocycles. The van der Waals surface area contributed by atoms with E-state index in [0.29, 0.717) is 12.6 Å². The summed E-state index contributed by atoms with van der Waals surface area (Å²) in [6, 6.07) is 0.422. The minimum Gasteiger partial charge on any atom is -0.313 e. The lowest BCUT2D eigenvalue weighted by Crippen LogP contribution is -2.30. The van der Waals surface area contributed by atoms with Gasteiger partial charge >= 0.3 is 0 Å². The quantitative estimate of drug-likeness (QED) is 0.698. The van der Waals surface area contributed by atoms with E-state index in [2.05, 4.69) is 26.1 Å². The Bertz CT molecular complexity index is 247. The summed E-state index contributed by atoms with van der Waals surface area (Å²) in [5.74, 6) is 0.995. The molecule has 4 heteroatoms. The van der Waals surface area contributed by atoms with Gasteiger partial charge in [-0.05, 0) is 19.3 Å². The zero-order chi connectivity index (χ0) is 11.9. The van der Waals surface area contributed by atoms with Crippen LogP contribution in [0.2, 0.25) is 0 Å². The fraction of sp³-hybridized carbons (Fsp3) is 1.00. The molecular formula is C11H25NO2S. The fourth-order valence-electron chi connectivity index (χ4n) is 1.43. The van der Waals surface area contributed by atoms with Crippen molar-refractivity contribution in [2.45, 2.75) is 46.1 Å². The van der Waals surface area contributed by atoms with Gasteiger partial charge in [0.15, 0.2) is 0 Å². The summed E-state index contributed by atoms with van der Waals surface area (Å²) in [5, 5.41) is 3.23. The van der Waals surface area contributed by atoms with Crippen molar-refractivity contribution in [2.75, 3.05) is 18.6 Å². The van der Waals surface area contributed by atoms with Crippen molar-refractivity contribution in [1.82, 2.24) is 5.32 Å². The summed E-state index contributed by atoms with van der Waals surface area (Å²) in [5.41, 5.74) is 0. The lowest BCUT2D eigenvalue weighted by molar-refractivity contribution is 0.465. The Morgan fingerprint density at radius 2 is 1.73 bits per heavy atom. The van der Waals surface area contributed by atoms with Gasteiger partial charge in [0.2, 0.25) is 0 Å². The Morgan fingerprint density at radius 3 is 2.20 bits per heavy atom. The Balaban J connectivity index is 3.45. The first-order chi connectivity index (χ1) is 6.81. The van der Waals surface area contributed by atoms with Crippen LogP contribution in [0, 0.1) is 5.92 Å². The lowest BCUT2D eigenvalue weighted by atomic mass is 10.0. The predicted octanol–water partition coefficient (Wildman–Crippen LogP) is 1.84. The molecule has 0 aromatic rings. The standard InChI is InChI=1S/C11H25NO2S/c1-10(2)6-5-7-11(3)12-8-9-15(4,13)14/h10-12H,5-9H2,1-4H3. The summed E-state index contributed by atoms with van der Waals surface area (Å²) >= 11 is 0. The molecule has 0 aliphatic carbocycles. The summed E-state index contributed by atoms with van der Waals surface area (Å²) in [4.78, 5) is 0. The summed E-state index contributed by atoms with van der Waals surface area (Å²) in [6.45, 7) is 7.13. The minimum absolute atomic E-state index is 0.238. The monoisotopic (exact) mass is 235 g/mol. The molecule has 1 atom stereocenters. The van der Waals surface area contributed by atoms with Crippen LogP contribution in [0.3, 0.4) is 0 Å². The average Bonchev–Trinajstić information content (AvgIpc) is 2.00. The molecule has 1 unspecified atom stereocenters. The van der Waals surface area contributed by atoms with Crippen molar-refractivity contribution in [1.29, 1.82) is 0 Å². The molecule has 0 saturated heterocycles. The molecule has 0 spiro atoms. The van der Waals surface area contributed by atoms with Gasteiger partial charge in [-0.3, -0.25) is 0 Å². The van der Waals surface area contributed by atoms with Gasteiger partial charge in [-0.2, -0.15) is 0 Å². The third-order valence-electron chi connectivity index (χ3n) is 2.38. The van der Waals surface area contributed by atoms with Crippen LogP contribution in [0.5, 0.6) is 0 Å². The van der Waals surface area contributed by atoms with Crippen LogP contribution in [-0.4, -0.2) is 33.0 Å². The van der Waals surface area contributed by atoms with E-state index < -0.39 is 9.84 Å². The number of sulfone groups is 1. The highest BCUT2D eigenvalue weighted by atomic mass is 32.2. The second-order valence-corrected chi connectivity index (χ2v) is 7.07. The summed E-state index contributed by atoms with van der Waals surface area (Å²) < 4.78 is 21.8. The maximum absolute atomic E-state index is 10.9. The van der Waals surface area contributed by atoms with Gasteiger partial charge < -0.3 is 5.32 Å². The zero-order valence-corrected chi connectivity index (χ0v) is 11.2. The van der Waals surface area contributed by atoms with Gasteiger partial charge in [-0.1, -0.05) is 26.7 Å². The highest BCUT2D eigenvalue weighted by Crippen LogP contribution is 2.07. The molecule has 0 radical (unpaired) electrons. The van der Waals surface area contributed by atoms with Crippen LogP contribution < -0.4 is 5.32 Å². The van der Waals surface area contributed by atoms with Crippen molar-refractivity contribution in [3.05, 3.63) is 0 Å². The molecule has 0 heterocycles. The van der Waals surface area contributed by atoms with Crippen LogP contribution >= 0.6 is 0 Å². The maximum Gasteiger partial charge on any atom is 0.148 e. The SMILES string of the molecule is CC(C)CCCC(C)NCCS(C)(=O)=O. The molecule has 15 heavy (non-hydrogen) atoms. The van der Waals surface area contributed by atoms with Gasteiger partial charge in [0.25, 0.3) is 0 Å². The predicted molar refractivity (Wildman–Crippen MR) is 65.9 cm³/mol. The smallest absolute Gasteiger partial charge is 0.148 e. The first-order valence-corrected chi connectivity index (χ1v) is 7.78. The van der Waals surface area contributed by atoms with Crippen molar-refractivity contribution < 1.29 is 8.42 Å². The van der Waals surface area contributed by atoms with Gasteiger partial charge in [0.1, 0.15) is 9.84 Å². The number of rotatable bonds is 8. The molecule has 0 fully saturated rings. The number of hydrogen-bond acceptors (Lipinski definition) is 3. The Hall–Kier alpha value is -0.0900. The third-order valence-corrected chi connectivity index (χ3v) is 3.33. The van der Waals surface area contributed by atoms with E-state index in [1.165, 1.54) is 19.1 Å². The summed E-state index contributed by atoms with van der Waals surface area (Å²) in [7, 11) is -2.82. The molecule has 0 aromatic carbocycles. The lowest BCUT2D eigenvalue weighted by Gasteiger charge is -2.13. The molecule has 92 valence electrons. The molecule has 1 N–H and O–H groups in total. The number of nitrogens with one attached hydrogen (secondary N) is 1. The first-order valence-electron chi connectivity index (χ1n) is 5.72. The van der Waals surface area contributed by atoms with E-state index in [1.54, 1.807) is 0 Å². The van der Waals surface area contributed by atoms with Crippen molar-refractivity contribution >= 4 is 9.84 Å². The average molecular weight is 235 g/mol. The topological polar surface area (TPSA) is 46.2 Å². The van der Waals surface area contributed by atoms with Crippen molar-refractivity contribution in [3.63, 3.8) is 0 Å². The molecule has 3 nitrogen and oxygen atoms in total. The van der Waals surface area contributed by atoms with E-state index >= 15 is 0 Å². The highest BCUT2D eigenvalue weighted by molar-refractivity contribution is 7.90. The molecule has 0 amide bonds. The van der Waals surface area contributed by atoms with Crippen LogP contribution in [-0.2, 0) is 9.84 Å². The maximum atomic E-state index is 10.9. The summed E-state index contributed by atoms with van der Waals surface area (Å²) in [6.07, 6.45) is 4.86. The van der Waals surface area contributed by atoms with E-state index in [9.17, 15) is 8.42 Å². The van der Waals surface area contributed by atoms with E-state index in [4.69, 9.17) is 0 Å². The minimum atomic E-state index is -2.82. The Labute approximate surface area is 94.6 Å². The molecule has 0 aliphatic heterocycles. The van der Waals surface area contributed by atoms with Crippen molar-refractivity contribution in [2.24, 2.45) is 5.92 Å².